The Hall–Kier alpha value is -3.55. The van der Waals surface area contributed by atoms with E-state index >= 15 is 0 Å². The van der Waals surface area contributed by atoms with Crippen LogP contribution in [0.1, 0.15) is 34.9 Å². The zero-order valence-corrected chi connectivity index (χ0v) is 17.0. The van der Waals surface area contributed by atoms with Gasteiger partial charge in [-0.25, -0.2) is 4.79 Å². The van der Waals surface area contributed by atoms with Crippen LogP contribution in [-0.4, -0.2) is 52.9 Å². The molecule has 1 aromatic heterocycles. The summed E-state index contributed by atoms with van der Waals surface area (Å²) < 4.78 is 11.7. The van der Waals surface area contributed by atoms with Gasteiger partial charge >= 0.3 is 5.69 Å². The van der Waals surface area contributed by atoms with Crippen LogP contribution in [0, 0.1) is 0 Å². The van der Waals surface area contributed by atoms with Crippen LogP contribution < -0.4 is 15.2 Å². The standard InChI is InChI=1S/C22H24N4O4/c1-29-18-7-3-16(4-8-18)21(27)25-13-11-15(12-14-25)20-23-22(28)26(24-20)17-5-9-19(30-2)10-6-17/h3-10,15H,11-14H2,1-2H3,(H,23,24,28). The number of amides is 1. The molecular weight excluding hydrogens is 384 g/mol. The number of hydrogen-bond donors (Lipinski definition) is 1. The summed E-state index contributed by atoms with van der Waals surface area (Å²) in [7, 11) is 3.20. The van der Waals surface area contributed by atoms with E-state index in [1.807, 2.05) is 4.90 Å². The minimum atomic E-state index is -0.271. The number of ether oxygens (including phenoxy) is 2. The van der Waals surface area contributed by atoms with E-state index in [2.05, 4.69) is 10.1 Å². The summed E-state index contributed by atoms with van der Waals surface area (Å²) in [6, 6.07) is 14.3. The number of rotatable bonds is 5. The second kappa shape index (κ2) is 8.44. The van der Waals surface area contributed by atoms with Gasteiger partial charge in [0.1, 0.15) is 17.3 Å². The van der Waals surface area contributed by atoms with Gasteiger partial charge in [0, 0.05) is 24.6 Å². The molecule has 4 rings (SSSR count). The van der Waals surface area contributed by atoms with Crippen LogP contribution in [0.4, 0.5) is 0 Å². The minimum Gasteiger partial charge on any atom is -0.497 e. The molecule has 8 nitrogen and oxygen atoms in total. The number of carbonyl (C=O) groups is 1. The van der Waals surface area contributed by atoms with E-state index in [1.165, 1.54) is 4.68 Å². The monoisotopic (exact) mass is 408 g/mol. The van der Waals surface area contributed by atoms with Gasteiger partial charge in [-0.2, -0.15) is 4.68 Å². The van der Waals surface area contributed by atoms with E-state index < -0.39 is 0 Å². The Kier molecular flexibility index (Phi) is 5.56. The highest BCUT2D eigenvalue weighted by molar-refractivity contribution is 5.94. The lowest BCUT2D eigenvalue weighted by Gasteiger charge is -2.31. The molecular formula is C22H24N4O4. The number of methoxy groups -OCH3 is 2. The highest BCUT2D eigenvalue weighted by Crippen LogP contribution is 2.26. The number of carbonyl (C=O) groups excluding carboxylic acids is 1. The Morgan fingerprint density at radius 1 is 0.967 bits per heavy atom. The largest absolute Gasteiger partial charge is 0.497 e. The average molecular weight is 408 g/mol. The highest BCUT2D eigenvalue weighted by Gasteiger charge is 2.27. The molecule has 1 saturated heterocycles. The van der Waals surface area contributed by atoms with E-state index in [9.17, 15) is 9.59 Å². The average Bonchev–Trinajstić information content (AvgIpc) is 3.20. The van der Waals surface area contributed by atoms with Gasteiger partial charge in [-0.05, 0) is 61.4 Å². The van der Waals surface area contributed by atoms with Crippen molar-refractivity contribution in [2.75, 3.05) is 27.3 Å². The van der Waals surface area contributed by atoms with Gasteiger partial charge < -0.3 is 14.4 Å². The third kappa shape index (κ3) is 3.94. The minimum absolute atomic E-state index is 0.00774. The number of nitrogens with one attached hydrogen (secondary N) is 1. The highest BCUT2D eigenvalue weighted by atomic mass is 16.5. The summed E-state index contributed by atoms with van der Waals surface area (Å²) in [6.45, 7) is 1.24. The fourth-order valence-electron chi connectivity index (χ4n) is 3.69. The number of likely N-dealkylation sites (tertiary alicyclic amines) is 1. The van der Waals surface area contributed by atoms with Crippen molar-refractivity contribution in [3.63, 3.8) is 0 Å². The van der Waals surface area contributed by atoms with Gasteiger partial charge in [-0.1, -0.05) is 0 Å². The Labute approximate surface area is 174 Å². The van der Waals surface area contributed by atoms with Crippen molar-refractivity contribution < 1.29 is 14.3 Å². The lowest BCUT2D eigenvalue weighted by Crippen LogP contribution is -2.38. The molecule has 0 radical (unpaired) electrons. The lowest BCUT2D eigenvalue weighted by molar-refractivity contribution is 0.0711. The third-order valence-electron chi connectivity index (χ3n) is 5.46. The number of H-pyrrole nitrogens is 1. The first-order valence-corrected chi connectivity index (χ1v) is 9.86. The fraction of sp³-hybridized carbons (Fsp3) is 0.318. The zero-order chi connectivity index (χ0) is 21.1. The van der Waals surface area contributed by atoms with Crippen molar-refractivity contribution in [2.45, 2.75) is 18.8 Å². The normalized spacial score (nSPS) is 14.5. The maximum atomic E-state index is 12.7. The first-order chi connectivity index (χ1) is 14.6. The molecule has 1 N–H and O–H groups in total. The number of benzene rings is 2. The first-order valence-electron chi connectivity index (χ1n) is 9.86. The van der Waals surface area contributed by atoms with E-state index in [0.717, 1.165) is 24.3 Å². The van der Waals surface area contributed by atoms with E-state index in [4.69, 9.17) is 9.47 Å². The molecule has 0 aliphatic carbocycles. The van der Waals surface area contributed by atoms with Crippen molar-refractivity contribution in [1.82, 2.24) is 19.7 Å². The van der Waals surface area contributed by atoms with Crippen molar-refractivity contribution in [2.24, 2.45) is 0 Å². The SMILES string of the molecule is COc1ccc(C(=O)N2CCC(c3nn(-c4ccc(OC)cc4)c(=O)[nH]3)CC2)cc1. The second-order valence-electron chi connectivity index (χ2n) is 7.22. The Morgan fingerprint density at radius 2 is 1.53 bits per heavy atom. The fourth-order valence-corrected chi connectivity index (χ4v) is 3.69. The summed E-state index contributed by atoms with van der Waals surface area (Å²) in [6.07, 6.45) is 1.49. The number of aromatic amines is 1. The van der Waals surface area contributed by atoms with Crippen LogP contribution in [0.25, 0.3) is 5.69 Å². The van der Waals surface area contributed by atoms with Gasteiger partial charge in [-0.15, -0.1) is 5.10 Å². The summed E-state index contributed by atoms with van der Waals surface area (Å²) in [5.74, 6) is 2.22. The van der Waals surface area contributed by atoms with E-state index in [-0.39, 0.29) is 17.5 Å². The molecule has 0 atom stereocenters. The predicted molar refractivity (Wildman–Crippen MR) is 112 cm³/mol. The van der Waals surface area contributed by atoms with Gasteiger partial charge in [-0.3, -0.25) is 9.78 Å². The molecule has 0 spiro atoms. The van der Waals surface area contributed by atoms with Crippen LogP contribution in [0.3, 0.4) is 0 Å². The van der Waals surface area contributed by atoms with Gasteiger partial charge in [0.2, 0.25) is 0 Å². The summed E-state index contributed by atoms with van der Waals surface area (Å²) >= 11 is 0. The molecule has 0 unspecified atom stereocenters. The van der Waals surface area contributed by atoms with E-state index in [0.29, 0.717) is 30.2 Å². The Morgan fingerprint density at radius 3 is 2.10 bits per heavy atom. The quantitative estimate of drug-likeness (QED) is 0.701. The molecule has 2 aromatic carbocycles. The molecule has 1 amide bonds. The molecule has 156 valence electrons. The zero-order valence-electron chi connectivity index (χ0n) is 17.0. The number of nitrogens with zero attached hydrogens (tertiary/aromatic N) is 3. The number of hydrogen-bond acceptors (Lipinski definition) is 5. The molecule has 3 aromatic rings. The summed E-state index contributed by atoms with van der Waals surface area (Å²) in [5.41, 5.74) is 1.05. The Bertz CT molecular complexity index is 1060. The molecule has 1 aliphatic rings. The van der Waals surface area contributed by atoms with Crippen LogP contribution in [-0.2, 0) is 0 Å². The van der Waals surface area contributed by atoms with Crippen LogP contribution in [0.5, 0.6) is 11.5 Å². The van der Waals surface area contributed by atoms with Crippen molar-refractivity contribution in [1.29, 1.82) is 0 Å². The van der Waals surface area contributed by atoms with Crippen molar-refractivity contribution in [3.05, 3.63) is 70.4 Å². The first kappa shape index (κ1) is 19.8. The summed E-state index contributed by atoms with van der Waals surface area (Å²) in [5, 5.41) is 4.50. The van der Waals surface area contributed by atoms with Gasteiger partial charge in [0.15, 0.2) is 0 Å². The van der Waals surface area contributed by atoms with Gasteiger partial charge in [0.25, 0.3) is 5.91 Å². The maximum Gasteiger partial charge on any atom is 0.348 e. The summed E-state index contributed by atoms with van der Waals surface area (Å²) in [4.78, 5) is 29.8. The predicted octanol–water partition coefficient (Wildman–Crippen LogP) is 2.60. The number of piperidine rings is 1. The van der Waals surface area contributed by atoms with Crippen LogP contribution in [0.2, 0.25) is 0 Å². The van der Waals surface area contributed by atoms with Crippen LogP contribution >= 0.6 is 0 Å². The molecule has 2 heterocycles. The molecule has 0 saturated carbocycles. The molecule has 1 fully saturated rings. The molecule has 0 bridgehead atoms. The van der Waals surface area contributed by atoms with E-state index in [1.54, 1.807) is 62.8 Å². The molecule has 30 heavy (non-hydrogen) atoms. The number of aromatic nitrogens is 3. The Balaban J connectivity index is 1.42. The smallest absolute Gasteiger partial charge is 0.348 e. The lowest BCUT2D eigenvalue weighted by atomic mass is 9.95. The van der Waals surface area contributed by atoms with Crippen LogP contribution in [0.15, 0.2) is 53.3 Å². The topological polar surface area (TPSA) is 89.4 Å². The third-order valence-corrected chi connectivity index (χ3v) is 5.46. The van der Waals surface area contributed by atoms with Gasteiger partial charge in [0.05, 0.1) is 19.9 Å². The molecule has 8 heteroatoms. The second-order valence-corrected chi connectivity index (χ2v) is 7.22. The van der Waals surface area contributed by atoms with Crippen molar-refractivity contribution in [3.8, 4) is 17.2 Å². The molecule has 1 aliphatic heterocycles. The van der Waals surface area contributed by atoms with Crippen molar-refractivity contribution >= 4 is 5.91 Å². The maximum absolute atomic E-state index is 12.7.